The molecule has 5 aromatic heterocycles. The van der Waals surface area contributed by atoms with Gasteiger partial charge in [-0.1, -0.05) is 39.1 Å². The Morgan fingerprint density at radius 2 is 1.39 bits per heavy atom. The maximum absolute atomic E-state index is 11.9. The van der Waals surface area contributed by atoms with Crippen LogP contribution >= 0.6 is 23.2 Å². The van der Waals surface area contributed by atoms with Gasteiger partial charge in [-0.3, -0.25) is 9.13 Å². The van der Waals surface area contributed by atoms with E-state index in [1.54, 1.807) is 43.1 Å². The molecule has 0 fully saturated rings. The average molecular weight is 662 g/mol. The molecule has 0 saturated heterocycles. The Balaban J connectivity index is 0.000000186. The van der Waals surface area contributed by atoms with Crippen molar-refractivity contribution in [2.75, 3.05) is 11.1 Å². The van der Waals surface area contributed by atoms with Crippen molar-refractivity contribution < 1.29 is 4.79 Å². The number of nitrogens with one attached hydrogen (secondary N) is 2. The molecule has 0 atom stereocenters. The molecule has 0 amide bonds. The largest absolute Gasteiger partial charge is 0.397 e. The van der Waals surface area contributed by atoms with Crippen LogP contribution in [0.15, 0.2) is 115 Å². The minimum Gasteiger partial charge on any atom is -0.397 e. The minimum absolute atomic E-state index is 0. The first-order valence-corrected chi connectivity index (χ1v) is 13.4. The highest BCUT2D eigenvalue weighted by Crippen LogP contribution is 2.21. The Morgan fingerprint density at radius 1 is 0.783 bits per heavy atom. The summed E-state index contributed by atoms with van der Waals surface area (Å²) in [5.74, 6) is 1.07. The highest BCUT2D eigenvalue weighted by molar-refractivity contribution is 6.28. The maximum atomic E-state index is 11.9. The van der Waals surface area contributed by atoms with E-state index >= 15 is 0 Å². The van der Waals surface area contributed by atoms with E-state index in [2.05, 4.69) is 40.2 Å². The molecule has 0 saturated carbocycles. The number of halogens is 2. The predicted molar refractivity (Wildman–Crippen MR) is 180 cm³/mol. The monoisotopic (exact) mass is 660 g/mol. The first kappa shape index (κ1) is 34.6. The maximum Gasteiger partial charge on any atom is 0.338 e. The number of carbonyl (C=O) groups excluding carboxylic acids is 1. The van der Waals surface area contributed by atoms with E-state index < -0.39 is 0 Å². The molecule has 0 spiro atoms. The molecule has 7 rings (SSSR count). The fraction of sp³-hybridized carbons (Fsp3) is 0.0667. The first-order valence-electron chi connectivity index (χ1n) is 12.7. The number of carbonyl (C=O) groups is 1. The number of nitrogens with two attached hydrogens (primary N) is 1. The fourth-order valence-electron chi connectivity index (χ4n) is 3.76. The summed E-state index contributed by atoms with van der Waals surface area (Å²) in [4.78, 5) is 49.1. The number of fused-ring (bicyclic) bond motifs is 1. The summed E-state index contributed by atoms with van der Waals surface area (Å²) in [7, 11) is 0. The van der Waals surface area contributed by atoms with Crippen LogP contribution in [0.3, 0.4) is 0 Å². The van der Waals surface area contributed by atoms with Gasteiger partial charge in [0, 0.05) is 43.2 Å². The summed E-state index contributed by atoms with van der Waals surface area (Å²) in [6.45, 7) is 0. The number of hydrogen-bond donors (Lipinski definition) is 3. The molecular weight excluding hydrogens is 631 g/mol. The number of nitrogen functional groups attached to an aromatic ring is 1. The SMILES string of the molecule is C.C.Nc1ccccc1Nc1ccnc(Cl)n1.O=C(n1ccnc1)n1ccnc1.O=c1[nH]c2ccccc2n1-c1ccnc(Cl)n1. The number of anilines is 3. The molecule has 0 bridgehead atoms. The lowest BCUT2D eigenvalue weighted by atomic mass is 10.3. The zero-order valence-corrected chi connectivity index (χ0v) is 24.1. The Kier molecular flexibility index (Phi) is 12.3. The van der Waals surface area contributed by atoms with Gasteiger partial charge in [-0.05, 0) is 53.5 Å². The molecule has 0 aliphatic heterocycles. The Bertz CT molecular complexity index is 2000. The smallest absolute Gasteiger partial charge is 0.338 e. The van der Waals surface area contributed by atoms with Crippen molar-refractivity contribution in [3.63, 3.8) is 0 Å². The number of rotatable bonds is 3. The van der Waals surface area contributed by atoms with Crippen LogP contribution in [-0.2, 0) is 0 Å². The zero-order chi connectivity index (χ0) is 30.9. The van der Waals surface area contributed by atoms with Crippen molar-refractivity contribution >= 4 is 57.5 Å². The normalized spacial score (nSPS) is 9.87. The van der Waals surface area contributed by atoms with Gasteiger partial charge < -0.3 is 16.0 Å². The van der Waals surface area contributed by atoms with Gasteiger partial charge in [0.15, 0.2) is 0 Å². The molecule has 4 N–H and O–H groups in total. The zero-order valence-electron chi connectivity index (χ0n) is 22.6. The third kappa shape index (κ3) is 8.62. The van der Waals surface area contributed by atoms with Gasteiger partial charge in [0.1, 0.15) is 24.3 Å². The van der Waals surface area contributed by atoms with E-state index in [-0.39, 0.29) is 37.1 Å². The molecule has 0 unspecified atom stereocenters. The van der Waals surface area contributed by atoms with E-state index in [0.717, 1.165) is 16.7 Å². The molecule has 236 valence electrons. The first-order chi connectivity index (χ1) is 21.4. The van der Waals surface area contributed by atoms with Crippen LogP contribution in [0.5, 0.6) is 0 Å². The van der Waals surface area contributed by atoms with Gasteiger partial charge in [-0.25, -0.2) is 39.1 Å². The average Bonchev–Trinajstić information content (AvgIpc) is 3.80. The van der Waals surface area contributed by atoms with Gasteiger partial charge in [0.25, 0.3) is 0 Å². The van der Waals surface area contributed by atoms with Gasteiger partial charge in [-0.2, -0.15) is 4.98 Å². The topological polar surface area (TPSA) is 180 Å². The number of aromatic amines is 1. The van der Waals surface area contributed by atoms with Crippen LogP contribution < -0.4 is 16.7 Å². The third-order valence-electron chi connectivity index (χ3n) is 5.73. The summed E-state index contributed by atoms with van der Waals surface area (Å²) in [5, 5.41) is 3.37. The molecule has 0 aliphatic carbocycles. The van der Waals surface area contributed by atoms with E-state index in [0.29, 0.717) is 17.3 Å². The number of nitrogens with zero attached hydrogens (tertiary/aromatic N) is 9. The molecule has 2 aromatic carbocycles. The van der Waals surface area contributed by atoms with Crippen LogP contribution in [0, 0.1) is 0 Å². The molecular formula is C30H30Cl2N12O2. The van der Waals surface area contributed by atoms with E-state index in [9.17, 15) is 9.59 Å². The number of para-hydroxylation sites is 4. The standard InChI is InChI=1S/C11H7ClN4O.C10H9ClN4.C7H6N4O.2CH4/c12-10-13-6-5-9(15-10)16-8-4-2-1-3-7(8)14-11(16)17;11-10-13-6-5-9(15-10)14-8-4-2-1-3-7(8)12;12-7(10-3-1-8-5-10)11-4-2-9-6-11;;/h1-6H,(H,14,17);1-6H,12H2,(H,13,14,15);1-6H;2*1H4. The third-order valence-corrected chi connectivity index (χ3v) is 6.09. The van der Waals surface area contributed by atoms with Crippen LogP contribution in [0.25, 0.3) is 16.9 Å². The number of imidazole rings is 3. The van der Waals surface area contributed by atoms with Gasteiger partial charge in [-0.15, -0.1) is 0 Å². The number of benzene rings is 2. The van der Waals surface area contributed by atoms with E-state index in [1.165, 1.54) is 32.6 Å². The van der Waals surface area contributed by atoms with Crippen LogP contribution in [0.4, 0.5) is 22.0 Å². The Hall–Kier alpha value is -5.86. The summed E-state index contributed by atoms with van der Waals surface area (Å²) >= 11 is 11.4. The van der Waals surface area contributed by atoms with Crippen LogP contribution in [0.2, 0.25) is 10.6 Å². The van der Waals surface area contributed by atoms with Crippen molar-refractivity contribution in [1.29, 1.82) is 0 Å². The molecule has 0 radical (unpaired) electrons. The molecule has 14 nitrogen and oxygen atoms in total. The predicted octanol–water partition coefficient (Wildman–Crippen LogP) is 6.09. The minimum atomic E-state index is -0.249. The lowest BCUT2D eigenvalue weighted by molar-refractivity contribution is 0.244. The summed E-state index contributed by atoms with van der Waals surface area (Å²) < 4.78 is 4.21. The van der Waals surface area contributed by atoms with Gasteiger partial charge in [0.2, 0.25) is 10.6 Å². The second kappa shape index (κ2) is 16.3. The van der Waals surface area contributed by atoms with Crippen molar-refractivity contribution in [3.05, 3.63) is 132 Å². The second-order valence-corrected chi connectivity index (χ2v) is 9.29. The second-order valence-electron chi connectivity index (χ2n) is 8.61. The fourth-order valence-corrected chi connectivity index (χ4v) is 4.05. The summed E-state index contributed by atoms with van der Waals surface area (Å²) in [6.07, 6.45) is 12.3. The summed E-state index contributed by atoms with van der Waals surface area (Å²) in [5.41, 5.74) is 8.49. The van der Waals surface area contributed by atoms with Crippen molar-refractivity contribution in [2.24, 2.45) is 0 Å². The molecule has 0 aliphatic rings. The van der Waals surface area contributed by atoms with Crippen LogP contribution in [-0.4, -0.2) is 54.6 Å². The summed E-state index contributed by atoms with van der Waals surface area (Å²) in [6, 6.07) is 18.0. The number of aromatic nitrogens is 10. The Morgan fingerprint density at radius 3 is 2.00 bits per heavy atom. The lowest BCUT2D eigenvalue weighted by Crippen LogP contribution is -2.15. The Labute approximate surface area is 273 Å². The highest BCUT2D eigenvalue weighted by atomic mass is 35.5. The van der Waals surface area contributed by atoms with Crippen LogP contribution in [0.1, 0.15) is 14.9 Å². The lowest BCUT2D eigenvalue weighted by Gasteiger charge is -2.07. The molecule has 16 heteroatoms. The van der Waals surface area contributed by atoms with Crippen molar-refractivity contribution in [1.82, 2.24) is 48.6 Å². The van der Waals surface area contributed by atoms with E-state index in [1.807, 2.05) is 48.5 Å². The molecule has 46 heavy (non-hydrogen) atoms. The number of hydrogen-bond acceptors (Lipinski definition) is 10. The highest BCUT2D eigenvalue weighted by Gasteiger charge is 2.09. The van der Waals surface area contributed by atoms with Gasteiger partial charge >= 0.3 is 11.7 Å². The number of H-pyrrole nitrogens is 1. The van der Waals surface area contributed by atoms with E-state index in [4.69, 9.17) is 28.9 Å². The van der Waals surface area contributed by atoms with Crippen molar-refractivity contribution in [2.45, 2.75) is 14.9 Å². The van der Waals surface area contributed by atoms with Crippen molar-refractivity contribution in [3.8, 4) is 5.82 Å². The van der Waals surface area contributed by atoms with Gasteiger partial charge in [0.05, 0.1) is 22.4 Å². The molecule has 5 heterocycles. The quantitative estimate of drug-likeness (QED) is 0.148. The molecule has 7 aromatic rings.